The van der Waals surface area contributed by atoms with Crippen LogP contribution >= 0.6 is 0 Å². The zero-order valence-electron chi connectivity index (χ0n) is 10.8. The molecule has 2 aromatic carbocycles. The van der Waals surface area contributed by atoms with Gasteiger partial charge in [-0.25, -0.2) is 4.98 Å². The summed E-state index contributed by atoms with van der Waals surface area (Å²) >= 11 is 0. The summed E-state index contributed by atoms with van der Waals surface area (Å²) < 4.78 is 0. The lowest BCUT2D eigenvalue weighted by molar-refractivity contribution is -0.117. The lowest BCUT2D eigenvalue weighted by atomic mass is 10.0. The van der Waals surface area contributed by atoms with E-state index >= 15 is 0 Å². The van der Waals surface area contributed by atoms with Crippen molar-refractivity contribution in [3.63, 3.8) is 0 Å². The normalized spacial score (nSPS) is 11.0. The highest BCUT2D eigenvalue weighted by Gasteiger charge is 2.08. The van der Waals surface area contributed by atoms with E-state index < -0.39 is 0 Å². The van der Waals surface area contributed by atoms with Gasteiger partial charge >= 0.3 is 0 Å². The molecule has 0 aliphatic heterocycles. The molecule has 0 bridgehead atoms. The smallest absolute Gasteiger partial charge is 0.221 e. The molecule has 100 valence electrons. The number of pyridine rings is 1. The first-order valence-electron chi connectivity index (χ1n) is 6.20. The van der Waals surface area contributed by atoms with Gasteiger partial charge in [0.2, 0.25) is 5.91 Å². The first-order valence-corrected chi connectivity index (χ1v) is 6.20. The summed E-state index contributed by atoms with van der Waals surface area (Å²) in [6, 6.07) is 11.0. The van der Waals surface area contributed by atoms with Gasteiger partial charge in [0.25, 0.3) is 0 Å². The fourth-order valence-electron chi connectivity index (χ4n) is 2.35. The monoisotopic (exact) mass is 266 g/mol. The second kappa shape index (κ2) is 4.38. The summed E-state index contributed by atoms with van der Waals surface area (Å²) in [6.45, 7) is 0. The van der Waals surface area contributed by atoms with E-state index in [9.17, 15) is 4.79 Å². The number of benzene rings is 2. The Morgan fingerprint density at radius 3 is 2.35 bits per heavy atom. The van der Waals surface area contributed by atoms with Crippen molar-refractivity contribution in [3.05, 3.63) is 42.0 Å². The van der Waals surface area contributed by atoms with Crippen molar-refractivity contribution in [1.82, 2.24) is 4.98 Å². The highest BCUT2D eigenvalue weighted by molar-refractivity contribution is 6.07. The topological polar surface area (TPSA) is 108 Å². The standard InChI is InChI=1S/C15H14N4O/c16-9-2-4-11-13(7-9)19-12-5-8(6-14(17)20)1-3-10(12)15(11)18/h1-5,7H,6,16H2,(H2,17,20)(H2,18,19). The molecule has 1 amide bonds. The molecule has 1 heterocycles. The molecular weight excluding hydrogens is 252 g/mol. The van der Waals surface area contributed by atoms with E-state index in [1.54, 1.807) is 12.1 Å². The zero-order chi connectivity index (χ0) is 14.3. The van der Waals surface area contributed by atoms with Crippen LogP contribution in [0.2, 0.25) is 0 Å². The highest BCUT2D eigenvalue weighted by Crippen LogP contribution is 2.29. The van der Waals surface area contributed by atoms with Crippen LogP contribution in [0.1, 0.15) is 5.56 Å². The van der Waals surface area contributed by atoms with Crippen molar-refractivity contribution in [2.24, 2.45) is 5.73 Å². The first kappa shape index (κ1) is 12.2. The number of anilines is 2. The van der Waals surface area contributed by atoms with Gasteiger partial charge in [-0.2, -0.15) is 0 Å². The predicted octanol–water partition coefficient (Wildman–Crippen LogP) is 1.58. The lowest BCUT2D eigenvalue weighted by Crippen LogP contribution is -2.13. The van der Waals surface area contributed by atoms with Gasteiger partial charge < -0.3 is 17.2 Å². The fraction of sp³-hybridized carbons (Fsp3) is 0.0667. The zero-order valence-corrected chi connectivity index (χ0v) is 10.8. The SMILES string of the molecule is NC(=O)Cc1ccc2c(N)c3ccc(N)cc3nc2c1. The van der Waals surface area contributed by atoms with Crippen LogP contribution in [-0.4, -0.2) is 10.9 Å². The van der Waals surface area contributed by atoms with Gasteiger partial charge in [0, 0.05) is 16.5 Å². The van der Waals surface area contributed by atoms with Crippen LogP contribution in [0.3, 0.4) is 0 Å². The molecule has 0 spiro atoms. The van der Waals surface area contributed by atoms with Crippen LogP contribution in [0, 0.1) is 0 Å². The van der Waals surface area contributed by atoms with Crippen LogP contribution in [0.5, 0.6) is 0 Å². The van der Waals surface area contributed by atoms with Crippen molar-refractivity contribution in [1.29, 1.82) is 0 Å². The molecular formula is C15H14N4O. The van der Waals surface area contributed by atoms with E-state index in [0.29, 0.717) is 11.4 Å². The molecule has 0 aliphatic rings. The van der Waals surface area contributed by atoms with Crippen LogP contribution in [0.15, 0.2) is 36.4 Å². The van der Waals surface area contributed by atoms with Gasteiger partial charge in [-0.15, -0.1) is 0 Å². The molecule has 5 heteroatoms. The number of nitrogens with zero attached hydrogens (tertiary/aromatic N) is 1. The average molecular weight is 266 g/mol. The molecule has 0 atom stereocenters. The Morgan fingerprint density at radius 2 is 1.65 bits per heavy atom. The van der Waals surface area contributed by atoms with Crippen LogP contribution in [0.4, 0.5) is 11.4 Å². The minimum Gasteiger partial charge on any atom is -0.399 e. The molecule has 0 unspecified atom stereocenters. The van der Waals surface area contributed by atoms with Gasteiger partial charge in [0.15, 0.2) is 0 Å². The number of amides is 1. The van der Waals surface area contributed by atoms with E-state index in [1.165, 1.54) is 0 Å². The van der Waals surface area contributed by atoms with Gasteiger partial charge in [0.05, 0.1) is 23.1 Å². The molecule has 3 aromatic rings. The molecule has 5 nitrogen and oxygen atoms in total. The van der Waals surface area contributed by atoms with E-state index in [2.05, 4.69) is 4.98 Å². The summed E-state index contributed by atoms with van der Waals surface area (Å²) in [5, 5.41) is 1.73. The van der Waals surface area contributed by atoms with Gasteiger partial charge in [-0.1, -0.05) is 12.1 Å². The van der Waals surface area contributed by atoms with Gasteiger partial charge in [-0.05, 0) is 29.8 Å². The van der Waals surface area contributed by atoms with Gasteiger partial charge in [0.1, 0.15) is 0 Å². The van der Waals surface area contributed by atoms with Crippen molar-refractivity contribution < 1.29 is 4.79 Å². The average Bonchev–Trinajstić information content (AvgIpc) is 2.37. The summed E-state index contributed by atoms with van der Waals surface area (Å²) in [4.78, 5) is 15.5. The first-order chi connectivity index (χ1) is 9.54. The number of hydrogen-bond acceptors (Lipinski definition) is 4. The van der Waals surface area contributed by atoms with E-state index in [4.69, 9.17) is 17.2 Å². The van der Waals surface area contributed by atoms with E-state index in [-0.39, 0.29) is 12.3 Å². The largest absolute Gasteiger partial charge is 0.399 e. The van der Waals surface area contributed by atoms with E-state index in [0.717, 1.165) is 27.4 Å². The third-order valence-corrected chi connectivity index (χ3v) is 3.28. The number of fused-ring (bicyclic) bond motifs is 2. The summed E-state index contributed by atoms with van der Waals surface area (Å²) in [7, 11) is 0. The Balaban J connectivity index is 2.29. The number of hydrogen-bond donors (Lipinski definition) is 3. The Labute approximate surface area is 115 Å². The van der Waals surface area contributed by atoms with Crippen molar-refractivity contribution in [2.45, 2.75) is 6.42 Å². The Hall–Kier alpha value is -2.82. The maximum atomic E-state index is 11.0. The summed E-state index contributed by atoms with van der Waals surface area (Å²) in [6.07, 6.45) is 0.187. The second-order valence-electron chi connectivity index (χ2n) is 4.80. The lowest BCUT2D eigenvalue weighted by Gasteiger charge is -2.08. The second-order valence-corrected chi connectivity index (χ2v) is 4.80. The predicted molar refractivity (Wildman–Crippen MR) is 81.0 cm³/mol. The molecule has 0 aliphatic carbocycles. The van der Waals surface area contributed by atoms with Gasteiger partial charge in [-0.3, -0.25) is 4.79 Å². The molecule has 3 rings (SSSR count). The molecule has 0 radical (unpaired) electrons. The number of nitrogens with two attached hydrogens (primary N) is 3. The fourth-order valence-corrected chi connectivity index (χ4v) is 2.35. The maximum absolute atomic E-state index is 11.0. The summed E-state index contributed by atoms with van der Waals surface area (Å²) in [5.74, 6) is -0.373. The highest BCUT2D eigenvalue weighted by atomic mass is 16.1. The van der Waals surface area contributed by atoms with Crippen LogP contribution in [0.25, 0.3) is 21.8 Å². The molecule has 0 fully saturated rings. The third-order valence-electron chi connectivity index (χ3n) is 3.28. The number of carbonyl (C=O) groups excluding carboxylic acids is 1. The third kappa shape index (κ3) is 1.99. The number of primary amides is 1. The Bertz CT molecular complexity index is 842. The number of aromatic nitrogens is 1. The number of rotatable bonds is 2. The molecule has 20 heavy (non-hydrogen) atoms. The van der Waals surface area contributed by atoms with Crippen molar-refractivity contribution >= 4 is 39.1 Å². The minimum atomic E-state index is -0.373. The minimum absolute atomic E-state index is 0.187. The Morgan fingerprint density at radius 1 is 1.00 bits per heavy atom. The quantitative estimate of drug-likeness (QED) is 0.483. The summed E-state index contributed by atoms with van der Waals surface area (Å²) in [5.41, 5.74) is 20.8. The molecule has 6 N–H and O–H groups in total. The Kier molecular flexibility index (Phi) is 2.68. The van der Waals surface area contributed by atoms with Crippen LogP contribution < -0.4 is 17.2 Å². The number of carbonyl (C=O) groups is 1. The van der Waals surface area contributed by atoms with Crippen molar-refractivity contribution in [2.75, 3.05) is 11.5 Å². The van der Waals surface area contributed by atoms with Crippen LogP contribution in [-0.2, 0) is 11.2 Å². The maximum Gasteiger partial charge on any atom is 0.221 e. The molecule has 0 saturated carbocycles. The number of nitrogen functional groups attached to an aromatic ring is 2. The molecule has 1 aromatic heterocycles. The van der Waals surface area contributed by atoms with Crippen molar-refractivity contribution in [3.8, 4) is 0 Å². The van der Waals surface area contributed by atoms with E-state index in [1.807, 2.05) is 24.3 Å². The molecule has 0 saturated heterocycles.